The van der Waals surface area contributed by atoms with Crippen LogP contribution in [-0.2, 0) is 13.2 Å². The van der Waals surface area contributed by atoms with Gasteiger partial charge in [-0.15, -0.1) is 0 Å². The van der Waals surface area contributed by atoms with E-state index in [1.54, 1.807) is 0 Å². The van der Waals surface area contributed by atoms with Crippen LogP contribution in [0.25, 0.3) is 0 Å². The molecule has 146 valence electrons. The molecule has 4 N–H and O–H groups in total. The number of amides is 1. The summed E-state index contributed by atoms with van der Waals surface area (Å²) in [7, 11) is 0. The number of aromatic nitrogens is 4. The first-order valence-corrected chi connectivity index (χ1v) is 9.43. The first-order valence-electron chi connectivity index (χ1n) is 9.43. The molecule has 0 radical (unpaired) electrons. The molecule has 2 aromatic heterocycles. The molecule has 1 unspecified atom stereocenters. The molecule has 1 atom stereocenters. The SMILES string of the molecule is NC(=O)c1cn[nH]c1Nc1ccc2c(c1)OCc1cc(C3C=CC=CC3)nn1C2. The van der Waals surface area contributed by atoms with Gasteiger partial charge >= 0.3 is 0 Å². The highest BCUT2D eigenvalue weighted by atomic mass is 16.5. The Bertz CT molecular complexity index is 1140. The summed E-state index contributed by atoms with van der Waals surface area (Å²) >= 11 is 0. The maximum atomic E-state index is 11.5. The summed E-state index contributed by atoms with van der Waals surface area (Å²) in [6.07, 6.45) is 10.9. The minimum atomic E-state index is -0.545. The van der Waals surface area contributed by atoms with Crippen molar-refractivity contribution in [3.8, 4) is 5.75 Å². The number of nitrogens with zero attached hydrogens (tertiary/aromatic N) is 3. The number of hydrogen-bond donors (Lipinski definition) is 3. The molecule has 0 saturated heterocycles. The van der Waals surface area contributed by atoms with Crippen molar-refractivity contribution in [1.29, 1.82) is 0 Å². The number of aromatic amines is 1. The van der Waals surface area contributed by atoms with Gasteiger partial charge in [0.05, 0.1) is 24.1 Å². The lowest BCUT2D eigenvalue weighted by atomic mass is 9.97. The number of carbonyl (C=O) groups excluding carboxylic acids is 1. The zero-order valence-electron chi connectivity index (χ0n) is 15.6. The second-order valence-corrected chi connectivity index (χ2v) is 7.13. The molecule has 0 spiro atoms. The largest absolute Gasteiger partial charge is 0.487 e. The van der Waals surface area contributed by atoms with Gasteiger partial charge in [-0.3, -0.25) is 14.6 Å². The average molecular weight is 388 g/mol. The molecule has 0 bridgehead atoms. The number of allylic oxidation sites excluding steroid dienone is 4. The van der Waals surface area contributed by atoms with Crippen LogP contribution < -0.4 is 15.8 Å². The van der Waals surface area contributed by atoms with Crippen molar-refractivity contribution in [1.82, 2.24) is 20.0 Å². The number of rotatable bonds is 4. The normalized spacial score (nSPS) is 17.2. The van der Waals surface area contributed by atoms with Gasteiger partial charge in [-0.1, -0.05) is 30.4 Å². The van der Waals surface area contributed by atoms with Gasteiger partial charge in [-0.05, 0) is 18.6 Å². The molecule has 3 heterocycles. The number of anilines is 2. The topological polar surface area (TPSA) is 111 Å². The molecule has 1 aliphatic carbocycles. The number of nitrogens with one attached hydrogen (secondary N) is 2. The van der Waals surface area contributed by atoms with E-state index in [1.165, 1.54) is 6.20 Å². The van der Waals surface area contributed by atoms with Crippen LogP contribution in [0.4, 0.5) is 11.5 Å². The quantitative estimate of drug-likeness (QED) is 0.636. The summed E-state index contributed by atoms with van der Waals surface area (Å²) in [5.74, 6) is 1.01. The van der Waals surface area contributed by atoms with Crippen LogP contribution in [0.3, 0.4) is 0 Å². The minimum absolute atomic E-state index is 0.306. The maximum absolute atomic E-state index is 11.5. The second kappa shape index (κ2) is 6.97. The molecule has 3 aromatic rings. The fraction of sp³-hybridized carbons (Fsp3) is 0.190. The van der Waals surface area contributed by atoms with Gasteiger partial charge in [0.2, 0.25) is 0 Å². The Balaban J connectivity index is 1.38. The van der Waals surface area contributed by atoms with Crippen LogP contribution in [0, 0.1) is 0 Å². The lowest BCUT2D eigenvalue weighted by molar-refractivity contribution is 0.100. The van der Waals surface area contributed by atoms with Crippen molar-refractivity contribution in [2.45, 2.75) is 25.5 Å². The molecule has 1 aromatic carbocycles. The number of benzene rings is 1. The first kappa shape index (κ1) is 17.3. The Kier molecular flexibility index (Phi) is 4.16. The van der Waals surface area contributed by atoms with Gasteiger partial charge in [-0.2, -0.15) is 10.2 Å². The van der Waals surface area contributed by atoms with E-state index < -0.39 is 5.91 Å². The van der Waals surface area contributed by atoms with E-state index in [0.29, 0.717) is 30.5 Å². The molecule has 0 fully saturated rings. The second-order valence-electron chi connectivity index (χ2n) is 7.13. The van der Waals surface area contributed by atoms with E-state index in [9.17, 15) is 4.79 Å². The predicted molar refractivity (Wildman–Crippen MR) is 108 cm³/mol. The van der Waals surface area contributed by atoms with Crippen LogP contribution >= 0.6 is 0 Å². The van der Waals surface area contributed by atoms with E-state index in [4.69, 9.17) is 15.6 Å². The standard InChI is InChI=1S/C21H20N6O2/c22-20(28)17-10-23-25-21(17)24-15-7-6-14-11-27-16(12-29-19(14)8-15)9-18(26-27)13-4-2-1-3-5-13/h1-4,6-10,13H,5,11-12H2,(H2,22,28)(H2,23,24,25). The van der Waals surface area contributed by atoms with Crippen molar-refractivity contribution >= 4 is 17.4 Å². The predicted octanol–water partition coefficient (Wildman–Crippen LogP) is 2.99. The minimum Gasteiger partial charge on any atom is -0.487 e. The number of fused-ring (bicyclic) bond motifs is 2. The summed E-state index contributed by atoms with van der Waals surface area (Å²) in [4.78, 5) is 11.5. The smallest absolute Gasteiger partial charge is 0.254 e. The maximum Gasteiger partial charge on any atom is 0.254 e. The zero-order chi connectivity index (χ0) is 19.8. The third-order valence-electron chi connectivity index (χ3n) is 5.18. The van der Waals surface area contributed by atoms with Crippen molar-refractivity contribution in [3.05, 3.63) is 77.3 Å². The van der Waals surface area contributed by atoms with E-state index in [0.717, 1.165) is 34.8 Å². The van der Waals surface area contributed by atoms with Gasteiger partial charge in [0.1, 0.15) is 23.7 Å². The van der Waals surface area contributed by atoms with Gasteiger partial charge < -0.3 is 15.8 Å². The van der Waals surface area contributed by atoms with Gasteiger partial charge in [-0.25, -0.2) is 0 Å². The van der Waals surface area contributed by atoms with Gasteiger partial charge in [0, 0.05) is 23.2 Å². The van der Waals surface area contributed by atoms with Crippen molar-refractivity contribution in [3.63, 3.8) is 0 Å². The molecular weight excluding hydrogens is 368 g/mol. The number of carbonyl (C=O) groups is 1. The molecule has 8 heteroatoms. The van der Waals surface area contributed by atoms with E-state index in [1.807, 2.05) is 22.9 Å². The lowest BCUT2D eigenvalue weighted by Crippen LogP contribution is -2.12. The number of hydrogen-bond acceptors (Lipinski definition) is 5. The van der Waals surface area contributed by atoms with Gasteiger partial charge in [0.25, 0.3) is 5.91 Å². The molecule has 1 amide bonds. The summed E-state index contributed by atoms with van der Waals surface area (Å²) in [5.41, 5.74) is 9.62. The fourth-order valence-electron chi connectivity index (χ4n) is 3.63. The highest BCUT2D eigenvalue weighted by molar-refractivity contribution is 5.98. The molecular formula is C21H20N6O2. The third-order valence-corrected chi connectivity index (χ3v) is 5.18. The van der Waals surface area contributed by atoms with Crippen molar-refractivity contribution < 1.29 is 9.53 Å². The van der Waals surface area contributed by atoms with E-state index >= 15 is 0 Å². The number of nitrogens with two attached hydrogens (primary N) is 1. The molecule has 2 aliphatic rings. The molecule has 5 rings (SSSR count). The van der Waals surface area contributed by atoms with Crippen LogP contribution in [-0.4, -0.2) is 25.9 Å². The first-order chi connectivity index (χ1) is 14.2. The third kappa shape index (κ3) is 3.29. The number of ether oxygens (including phenoxy) is 1. The van der Waals surface area contributed by atoms with Crippen molar-refractivity contribution in [2.24, 2.45) is 5.73 Å². The number of primary amides is 1. The van der Waals surface area contributed by atoms with Crippen LogP contribution in [0.2, 0.25) is 0 Å². The molecule has 1 aliphatic heterocycles. The summed E-state index contributed by atoms with van der Waals surface area (Å²) in [5, 5.41) is 14.6. The molecule has 8 nitrogen and oxygen atoms in total. The van der Waals surface area contributed by atoms with Crippen LogP contribution in [0.15, 0.2) is 54.8 Å². The summed E-state index contributed by atoms with van der Waals surface area (Å²) in [6.45, 7) is 1.10. The highest BCUT2D eigenvalue weighted by Crippen LogP contribution is 2.31. The van der Waals surface area contributed by atoms with Gasteiger partial charge in [0.15, 0.2) is 0 Å². The number of H-pyrrole nitrogens is 1. The Morgan fingerprint density at radius 2 is 2.24 bits per heavy atom. The lowest BCUT2D eigenvalue weighted by Gasteiger charge is -2.12. The van der Waals surface area contributed by atoms with Crippen molar-refractivity contribution in [2.75, 3.05) is 5.32 Å². The highest BCUT2D eigenvalue weighted by Gasteiger charge is 2.20. The van der Waals surface area contributed by atoms with Crippen LogP contribution in [0.5, 0.6) is 5.75 Å². The van der Waals surface area contributed by atoms with Crippen LogP contribution in [0.1, 0.15) is 39.6 Å². The van der Waals surface area contributed by atoms with E-state index in [2.05, 4.69) is 45.9 Å². The summed E-state index contributed by atoms with van der Waals surface area (Å²) in [6, 6.07) is 7.96. The van der Waals surface area contributed by atoms with E-state index in [-0.39, 0.29) is 0 Å². The Morgan fingerprint density at radius 3 is 3.07 bits per heavy atom. The Hall–Kier alpha value is -3.81. The molecule has 0 saturated carbocycles. The Labute approximate surface area is 167 Å². The summed E-state index contributed by atoms with van der Waals surface area (Å²) < 4.78 is 8.08. The fourth-order valence-corrected chi connectivity index (χ4v) is 3.63. The Morgan fingerprint density at radius 1 is 1.31 bits per heavy atom. The molecule has 29 heavy (non-hydrogen) atoms. The average Bonchev–Trinajstić information content (AvgIpc) is 3.32. The monoisotopic (exact) mass is 388 g/mol. The zero-order valence-corrected chi connectivity index (χ0v) is 15.6.